The van der Waals surface area contributed by atoms with Crippen molar-refractivity contribution in [1.82, 2.24) is 4.57 Å². The van der Waals surface area contributed by atoms with Crippen LogP contribution in [0.3, 0.4) is 0 Å². The van der Waals surface area contributed by atoms with Gasteiger partial charge in [-0.2, -0.15) is 0 Å². The zero-order chi connectivity index (χ0) is 12.8. The van der Waals surface area contributed by atoms with Crippen LogP contribution in [0, 0.1) is 0 Å². The quantitative estimate of drug-likeness (QED) is 0.874. The SMILES string of the molecule is Cn1c(S(C)(=O)=O)c(C(=O)O)c2ccccc21. The Hall–Kier alpha value is -1.82. The third-order valence-electron chi connectivity index (χ3n) is 2.62. The molecule has 2 aromatic rings. The molecule has 6 heteroatoms. The van der Waals surface area contributed by atoms with Crippen molar-refractivity contribution in [2.45, 2.75) is 5.03 Å². The highest BCUT2D eigenvalue weighted by Crippen LogP contribution is 2.28. The Kier molecular flexibility index (Phi) is 2.46. The van der Waals surface area contributed by atoms with Gasteiger partial charge in [0.15, 0.2) is 9.84 Å². The average Bonchev–Trinajstić information content (AvgIpc) is 2.52. The summed E-state index contributed by atoms with van der Waals surface area (Å²) in [6, 6.07) is 6.71. The maximum atomic E-state index is 11.7. The lowest BCUT2D eigenvalue weighted by Crippen LogP contribution is -2.10. The van der Waals surface area contributed by atoms with E-state index in [9.17, 15) is 13.2 Å². The molecule has 5 nitrogen and oxygen atoms in total. The minimum Gasteiger partial charge on any atom is -0.478 e. The Morgan fingerprint density at radius 3 is 2.41 bits per heavy atom. The number of fused-ring (bicyclic) bond motifs is 1. The second kappa shape index (κ2) is 3.59. The number of aromatic nitrogens is 1. The van der Waals surface area contributed by atoms with Crippen LogP contribution in [0.2, 0.25) is 0 Å². The van der Waals surface area contributed by atoms with Gasteiger partial charge in [0.25, 0.3) is 0 Å². The Balaban J connectivity index is 3.07. The molecule has 17 heavy (non-hydrogen) atoms. The molecule has 90 valence electrons. The smallest absolute Gasteiger partial charge is 0.339 e. The molecule has 0 atom stereocenters. The van der Waals surface area contributed by atoms with E-state index in [2.05, 4.69) is 0 Å². The topological polar surface area (TPSA) is 76.4 Å². The van der Waals surface area contributed by atoms with E-state index < -0.39 is 15.8 Å². The first-order valence-corrected chi connectivity index (χ1v) is 6.74. The summed E-state index contributed by atoms with van der Waals surface area (Å²) in [4.78, 5) is 11.2. The van der Waals surface area contributed by atoms with Gasteiger partial charge in [0.1, 0.15) is 10.6 Å². The number of carboxylic acid groups (broad SMARTS) is 1. The molecule has 1 aromatic heterocycles. The van der Waals surface area contributed by atoms with Gasteiger partial charge >= 0.3 is 5.97 Å². The van der Waals surface area contributed by atoms with E-state index >= 15 is 0 Å². The van der Waals surface area contributed by atoms with Crippen LogP contribution >= 0.6 is 0 Å². The lowest BCUT2D eigenvalue weighted by molar-refractivity contribution is 0.0694. The predicted octanol–water partition coefficient (Wildman–Crippen LogP) is 1.28. The number of aromatic carboxylic acids is 1. The van der Waals surface area contributed by atoms with Crippen molar-refractivity contribution in [2.24, 2.45) is 7.05 Å². The number of aryl methyl sites for hydroxylation is 1. The summed E-state index contributed by atoms with van der Waals surface area (Å²) >= 11 is 0. The van der Waals surface area contributed by atoms with Crippen molar-refractivity contribution >= 4 is 26.7 Å². The van der Waals surface area contributed by atoms with Crippen molar-refractivity contribution in [3.63, 3.8) is 0 Å². The van der Waals surface area contributed by atoms with Gasteiger partial charge in [-0.1, -0.05) is 18.2 Å². The molecule has 1 N–H and O–H groups in total. The first kappa shape index (κ1) is 11.7. The number of nitrogens with zero attached hydrogens (tertiary/aromatic N) is 1. The summed E-state index contributed by atoms with van der Waals surface area (Å²) in [6.45, 7) is 0. The van der Waals surface area contributed by atoms with Gasteiger partial charge in [-0.15, -0.1) is 0 Å². The molecule has 2 rings (SSSR count). The number of rotatable bonds is 2. The second-order valence-corrected chi connectivity index (χ2v) is 5.76. The lowest BCUT2D eigenvalue weighted by Gasteiger charge is -2.02. The van der Waals surface area contributed by atoms with Crippen molar-refractivity contribution in [3.8, 4) is 0 Å². The molecule has 1 aromatic carbocycles. The number of carbonyl (C=O) groups is 1. The summed E-state index contributed by atoms with van der Waals surface area (Å²) < 4.78 is 24.7. The van der Waals surface area contributed by atoms with Crippen molar-refractivity contribution in [3.05, 3.63) is 29.8 Å². The molecule has 0 bridgehead atoms. The first-order chi connectivity index (χ1) is 7.84. The minimum atomic E-state index is -3.59. The van der Waals surface area contributed by atoms with E-state index in [1.807, 2.05) is 0 Å². The fourth-order valence-electron chi connectivity index (χ4n) is 2.01. The molecule has 0 spiro atoms. The lowest BCUT2D eigenvalue weighted by atomic mass is 10.2. The van der Waals surface area contributed by atoms with Crippen LogP contribution in [-0.2, 0) is 16.9 Å². The van der Waals surface area contributed by atoms with E-state index in [0.717, 1.165) is 6.26 Å². The maximum Gasteiger partial charge on any atom is 0.339 e. The molecule has 0 aliphatic rings. The average molecular weight is 253 g/mol. The van der Waals surface area contributed by atoms with Crippen LogP contribution < -0.4 is 0 Å². The molecule has 0 saturated heterocycles. The standard InChI is InChI=1S/C11H11NO4S/c1-12-8-6-4-3-5-7(8)9(11(13)14)10(12)17(2,15)16/h3-6H,1-2H3,(H,13,14). The van der Waals surface area contributed by atoms with E-state index in [0.29, 0.717) is 10.9 Å². The highest BCUT2D eigenvalue weighted by atomic mass is 32.2. The molecular weight excluding hydrogens is 242 g/mol. The Labute approximate surface area is 98.2 Å². The van der Waals surface area contributed by atoms with Gasteiger partial charge in [0.2, 0.25) is 0 Å². The van der Waals surface area contributed by atoms with E-state index in [1.165, 1.54) is 4.57 Å². The molecule has 0 radical (unpaired) electrons. The van der Waals surface area contributed by atoms with E-state index in [-0.39, 0.29) is 10.6 Å². The zero-order valence-electron chi connectivity index (χ0n) is 9.34. The van der Waals surface area contributed by atoms with Crippen LogP contribution in [0.1, 0.15) is 10.4 Å². The van der Waals surface area contributed by atoms with Crippen LogP contribution in [0.5, 0.6) is 0 Å². The molecule has 0 aliphatic carbocycles. The second-order valence-electron chi connectivity index (χ2n) is 3.83. The van der Waals surface area contributed by atoms with Crippen molar-refractivity contribution < 1.29 is 18.3 Å². The first-order valence-electron chi connectivity index (χ1n) is 4.85. The van der Waals surface area contributed by atoms with Gasteiger partial charge in [0, 0.05) is 24.2 Å². The molecule has 0 amide bonds. The molecule has 0 fully saturated rings. The number of sulfone groups is 1. The fraction of sp³-hybridized carbons (Fsp3) is 0.182. The fourth-order valence-corrected chi connectivity index (χ4v) is 3.17. The molecule has 0 unspecified atom stereocenters. The van der Waals surface area contributed by atoms with Crippen molar-refractivity contribution in [1.29, 1.82) is 0 Å². The number of hydrogen-bond acceptors (Lipinski definition) is 3. The summed E-state index contributed by atoms with van der Waals surface area (Å²) in [7, 11) is -2.04. The Bertz CT molecular complexity index is 712. The zero-order valence-corrected chi connectivity index (χ0v) is 10.2. The largest absolute Gasteiger partial charge is 0.478 e. The predicted molar refractivity (Wildman–Crippen MR) is 63.0 cm³/mol. The van der Waals surface area contributed by atoms with E-state index in [4.69, 9.17) is 5.11 Å². The van der Waals surface area contributed by atoms with Crippen LogP contribution in [-0.4, -0.2) is 30.3 Å². The summed E-state index contributed by atoms with van der Waals surface area (Å²) in [5.41, 5.74) is 0.427. The number of benzene rings is 1. The van der Waals surface area contributed by atoms with Crippen LogP contribution in [0.15, 0.2) is 29.3 Å². The van der Waals surface area contributed by atoms with Crippen LogP contribution in [0.25, 0.3) is 10.9 Å². The normalized spacial score (nSPS) is 11.9. The highest BCUT2D eigenvalue weighted by Gasteiger charge is 2.26. The number of hydrogen-bond donors (Lipinski definition) is 1. The number of carboxylic acids is 1. The van der Waals surface area contributed by atoms with E-state index in [1.54, 1.807) is 31.3 Å². The Morgan fingerprint density at radius 2 is 1.88 bits per heavy atom. The minimum absolute atomic E-state index is 0.161. The number of para-hydroxylation sites is 1. The molecular formula is C11H11NO4S. The molecule has 0 saturated carbocycles. The third kappa shape index (κ3) is 1.70. The molecule has 1 heterocycles. The van der Waals surface area contributed by atoms with Gasteiger partial charge in [-0.25, -0.2) is 13.2 Å². The Morgan fingerprint density at radius 1 is 1.29 bits per heavy atom. The summed E-state index contributed by atoms with van der Waals surface area (Å²) in [5.74, 6) is -1.23. The van der Waals surface area contributed by atoms with Gasteiger partial charge in [-0.3, -0.25) is 0 Å². The molecule has 0 aliphatic heterocycles. The monoisotopic (exact) mass is 253 g/mol. The summed E-state index contributed by atoms with van der Waals surface area (Å²) in [6.07, 6.45) is 1.01. The van der Waals surface area contributed by atoms with Crippen molar-refractivity contribution in [2.75, 3.05) is 6.26 Å². The van der Waals surface area contributed by atoms with Gasteiger partial charge < -0.3 is 9.67 Å². The van der Waals surface area contributed by atoms with Gasteiger partial charge in [-0.05, 0) is 6.07 Å². The van der Waals surface area contributed by atoms with Gasteiger partial charge in [0.05, 0.1) is 0 Å². The summed E-state index contributed by atoms with van der Waals surface area (Å²) in [5, 5.41) is 9.43. The van der Waals surface area contributed by atoms with Crippen LogP contribution in [0.4, 0.5) is 0 Å². The maximum absolute atomic E-state index is 11.7. The third-order valence-corrected chi connectivity index (χ3v) is 3.80. The highest BCUT2D eigenvalue weighted by molar-refractivity contribution is 7.90.